The van der Waals surface area contributed by atoms with Crippen LogP contribution in [0.3, 0.4) is 0 Å². The van der Waals surface area contributed by atoms with E-state index in [0.717, 1.165) is 34.6 Å². The van der Waals surface area contributed by atoms with Gasteiger partial charge in [-0.1, -0.05) is 77.9 Å². The van der Waals surface area contributed by atoms with E-state index in [2.05, 4.69) is 41.4 Å². The summed E-state index contributed by atoms with van der Waals surface area (Å²) in [7, 11) is 0. The van der Waals surface area contributed by atoms with Crippen molar-refractivity contribution in [1.82, 2.24) is 9.97 Å². The Balaban J connectivity index is 0.00000259. The SMILES string of the molecule is Oc1ccccc1-c1cccc(-c2[c-]c(-c3ccc(Cc4ccccc4)cn3)ccc2)n1.[Pt]. The first-order chi connectivity index (χ1) is 15.8. The van der Waals surface area contributed by atoms with Crippen LogP contribution in [0.2, 0.25) is 0 Å². The number of pyridine rings is 2. The number of para-hydroxylation sites is 1. The first kappa shape index (κ1) is 22.6. The molecule has 0 atom stereocenters. The molecule has 0 saturated carbocycles. The molecule has 33 heavy (non-hydrogen) atoms. The molecule has 164 valence electrons. The zero-order valence-electron chi connectivity index (χ0n) is 17.8. The third-order valence-electron chi connectivity index (χ3n) is 5.35. The summed E-state index contributed by atoms with van der Waals surface area (Å²) in [6, 6.07) is 37.0. The van der Waals surface area contributed by atoms with Crippen LogP contribution in [0.5, 0.6) is 5.75 Å². The number of aromatic nitrogens is 2. The topological polar surface area (TPSA) is 46.0 Å². The maximum atomic E-state index is 10.2. The predicted octanol–water partition coefficient (Wildman–Crippen LogP) is 6.57. The van der Waals surface area contributed by atoms with Gasteiger partial charge in [0.15, 0.2) is 0 Å². The minimum atomic E-state index is 0. The Kier molecular flexibility index (Phi) is 7.12. The Hall–Kier alpha value is -3.55. The van der Waals surface area contributed by atoms with Crippen molar-refractivity contribution in [2.45, 2.75) is 6.42 Å². The minimum absolute atomic E-state index is 0. The molecule has 1 N–H and O–H groups in total. The van der Waals surface area contributed by atoms with E-state index in [1.807, 2.05) is 66.9 Å². The van der Waals surface area contributed by atoms with Gasteiger partial charge in [-0.3, -0.25) is 9.97 Å². The zero-order valence-corrected chi connectivity index (χ0v) is 20.0. The number of phenolic OH excluding ortho intramolecular Hbond substituents is 1. The van der Waals surface area contributed by atoms with Crippen LogP contribution in [0, 0.1) is 6.07 Å². The van der Waals surface area contributed by atoms with Gasteiger partial charge in [-0.15, -0.1) is 24.3 Å². The molecule has 0 fully saturated rings. The van der Waals surface area contributed by atoms with E-state index >= 15 is 0 Å². The van der Waals surface area contributed by atoms with Gasteiger partial charge in [-0.25, -0.2) is 0 Å². The van der Waals surface area contributed by atoms with Crippen LogP contribution in [0.1, 0.15) is 11.1 Å². The van der Waals surface area contributed by atoms with Crippen molar-refractivity contribution in [3.05, 3.63) is 127 Å². The molecule has 3 aromatic carbocycles. The van der Waals surface area contributed by atoms with E-state index in [0.29, 0.717) is 5.56 Å². The predicted molar refractivity (Wildman–Crippen MR) is 128 cm³/mol. The molecule has 5 aromatic rings. The van der Waals surface area contributed by atoms with Gasteiger partial charge in [-0.05, 0) is 35.7 Å². The maximum Gasteiger partial charge on any atom is 0.124 e. The number of hydrogen-bond donors (Lipinski definition) is 1. The van der Waals surface area contributed by atoms with Crippen molar-refractivity contribution in [2.24, 2.45) is 0 Å². The van der Waals surface area contributed by atoms with Crippen LogP contribution in [-0.2, 0) is 27.5 Å². The van der Waals surface area contributed by atoms with Gasteiger partial charge in [0, 0.05) is 44.2 Å². The van der Waals surface area contributed by atoms with Gasteiger partial charge in [-0.2, -0.15) is 0 Å². The van der Waals surface area contributed by atoms with Crippen molar-refractivity contribution in [1.29, 1.82) is 0 Å². The number of nitrogens with zero attached hydrogens (tertiary/aromatic N) is 2. The van der Waals surface area contributed by atoms with E-state index in [1.165, 1.54) is 11.1 Å². The largest absolute Gasteiger partial charge is 0.507 e. The number of phenols is 1. The Labute approximate surface area is 208 Å². The molecular formula is C29H21N2OPt-. The van der Waals surface area contributed by atoms with Gasteiger partial charge in [0.05, 0.1) is 5.69 Å². The van der Waals surface area contributed by atoms with Gasteiger partial charge in [0.1, 0.15) is 5.75 Å². The molecule has 0 saturated heterocycles. The van der Waals surface area contributed by atoms with E-state index < -0.39 is 0 Å². The molecular weight excluding hydrogens is 587 g/mol. The summed E-state index contributed by atoms with van der Waals surface area (Å²) in [6.45, 7) is 0. The Bertz CT molecular complexity index is 1350. The minimum Gasteiger partial charge on any atom is -0.507 e. The quantitative estimate of drug-likeness (QED) is 0.230. The van der Waals surface area contributed by atoms with Gasteiger partial charge in [0.25, 0.3) is 0 Å². The monoisotopic (exact) mass is 608 g/mol. The fourth-order valence-electron chi connectivity index (χ4n) is 3.71. The molecule has 0 aliphatic rings. The van der Waals surface area contributed by atoms with Gasteiger partial charge < -0.3 is 5.11 Å². The second kappa shape index (κ2) is 10.4. The fraction of sp³-hybridized carbons (Fsp3) is 0.0345. The van der Waals surface area contributed by atoms with Crippen molar-refractivity contribution < 1.29 is 26.2 Å². The van der Waals surface area contributed by atoms with Crippen molar-refractivity contribution >= 4 is 0 Å². The summed E-state index contributed by atoms with van der Waals surface area (Å²) in [5.74, 6) is 0.217. The summed E-state index contributed by atoms with van der Waals surface area (Å²) < 4.78 is 0. The van der Waals surface area contributed by atoms with E-state index in [9.17, 15) is 5.11 Å². The molecule has 5 rings (SSSR count). The van der Waals surface area contributed by atoms with Crippen molar-refractivity contribution in [3.63, 3.8) is 0 Å². The molecule has 0 amide bonds. The first-order valence-electron chi connectivity index (χ1n) is 10.5. The average Bonchev–Trinajstić information content (AvgIpc) is 2.86. The number of hydrogen-bond acceptors (Lipinski definition) is 3. The second-order valence-corrected chi connectivity index (χ2v) is 7.62. The summed E-state index contributed by atoms with van der Waals surface area (Å²) in [6.07, 6.45) is 2.79. The molecule has 2 heterocycles. The molecule has 3 nitrogen and oxygen atoms in total. The second-order valence-electron chi connectivity index (χ2n) is 7.62. The zero-order chi connectivity index (χ0) is 21.8. The molecule has 0 aliphatic carbocycles. The molecule has 0 unspecified atom stereocenters. The van der Waals surface area contributed by atoms with Crippen LogP contribution >= 0.6 is 0 Å². The normalized spacial score (nSPS) is 10.4. The summed E-state index contributed by atoms with van der Waals surface area (Å²) in [5, 5.41) is 10.2. The smallest absolute Gasteiger partial charge is 0.124 e. The van der Waals surface area contributed by atoms with Crippen LogP contribution in [0.15, 0.2) is 109 Å². The van der Waals surface area contributed by atoms with E-state index in [4.69, 9.17) is 4.98 Å². The Morgan fingerprint density at radius 1 is 0.606 bits per heavy atom. The molecule has 0 aliphatic heterocycles. The van der Waals surface area contributed by atoms with Crippen LogP contribution < -0.4 is 0 Å². The Morgan fingerprint density at radius 2 is 1.30 bits per heavy atom. The average molecular weight is 609 g/mol. The third-order valence-corrected chi connectivity index (χ3v) is 5.35. The number of benzene rings is 3. The third kappa shape index (κ3) is 5.27. The van der Waals surface area contributed by atoms with Crippen molar-refractivity contribution in [2.75, 3.05) is 0 Å². The summed E-state index contributed by atoms with van der Waals surface area (Å²) in [4.78, 5) is 9.43. The molecule has 4 heteroatoms. The summed E-state index contributed by atoms with van der Waals surface area (Å²) >= 11 is 0. The first-order valence-corrected chi connectivity index (χ1v) is 10.5. The van der Waals surface area contributed by atoms with Crippen LogP contribution in [-0.4, -0.2) is 15.1 Å². The molecule has 0 radical (unpaired) electrons. The fourth-order valence-corrected chi connectivity index (χ4v) is 3.71. The summed E-state index contributed by atoms with van der Waals surface area (Å²) in [5.41, 5.74) is 7.36. The van der Waals surface area contributed by atoms with E-state index in [1.54, 1.807) is 12.1 Å². The van der Waals surface area contributed by atoms with E-state index in [-0.39, 0.29) is 26.8 Å². The van der Waals surface area contributed by atoms with Crippen LogP contribution in [0.4, 0.5) is 0 Å². The Morgan fingerprint density at radius 3 is 2.06 bits per heavy atom. The molecule has 2 aromatic heterocycles. The number of rotatable bonds is 5. The van der Waals surface area contributed by atoms with Gasteiger partial charge in [0.2, 0.25) is 0 Å². The van der Waals surface area contributed by atoms with Crippen molar-refractivity contribution in [3.8, 4) is 39.5 Å². The van der Waals surface area contributed by atoms with Crippen LogP contribution in [0.25, 0.3) is 33.8 Å². The molecule has 0 spiro atoms. The van der Waals surface area contributed by atoms with Gasteiger partial charge >= 0.3 is 0 Å². The maximum absolute atomic E-state index is 10.2. The standard InChI is InChI=1S/C29H21N2O.Pt/c32-29-15-5-4-12-25(29)28-14-7-13-27(31-28)24-11-6-10-23(19-24)26-17-16-22(20-30-26)18-21-8-2-1-3-9-21;/h1-17,20,32H,18H2;/q-1;. The molecule has 0 bridgehead atoms. The number of aromatic hydroxyl groups is 1.